The van der Waals surface area contributed by atoms with E-state index >= 15 is 0 Å². The summed E-state index contributed by atoms with van der Waals surface area (Å²) in [6.07, 6.45) is 10.2. The third-order valence-electron chi connectivity index (χ3n) is 4.19. The molecule has 0 unspecified atom stereocenters. The largest absolute Gasteiger partial charge is 0.293 e. The zero-order chi connectivity index (χ0) is 10.2. The number of rotatable bonds is 0. The summed E-state index contributed by atoms with van der Waals surface area (Å²) in [5, 5.41) is 0. The standard InChI is InChI=1S/C13H25N/c1-12(2,3)14-11-7-10-13(14)8-5-4-6-9-13/h4-11H2,1-3H3. The minimum atomic E-state index is 0.383. The van der Waals surface area contributed by atoms with Gasteiger partial charge < -0.3 is 0 Å². The highest BCUT2D eigenvalue weighted by Crippen LogP contribution is 2.44. The lowest BCUT2D eigenvalue weighted by molar-refractivity contribution is 0.0168. The van der Waals surface area contributed by atoms with Gasteiger partial charge in [0, 0.05) is 11.1 Å². The molecule has 1 aliphatic heterocycles. The minimum absolute atomic E-state index is 0.383. The summed E-state index contributed by atoms with van der Waals surface area (Å²) in [7, 11) is 0. The van der Waals surface area contributed by atoms with Crippen LogP contribution in [0, 0.1) is 0 Å². The summed E-state index contributed by atoms with van der Waals surface area (Å²) in [5.74, 6) is 0. The molecular formula is C13H25N. The second kappa shape index (κ2) is 3.52. The molecule has 2 aliphatic rings. The van der Waals surface area contributed by atoms with E-state index in [0.29, 0.717) is 11.1 Å². The first kappa shape index (κ1) is 10.5. The maximum Gasteiger partial charge on any atom is 0.0215 e. The zero-order valence-corrected chi connectivity index (χ0v) is 10.1. The van der Waals surface area contributed by atoms with Gasteiger partial charge in [0.1, 0.15) is 0 Å². The van der Waals surface area contributed by atoms with E-state index in [0.717, 1.165) is 0 Å². The molecular weight excluding hydrogens is 170 g/mol. The Morgan fingerprint density at radius 1 is 0.857 bits per heavy atom. The molecule has 1 saturated carbocycles. The molecule has 1 saturated heterocycles. The molecule has 82 valence electrons. The van der Waals surface area contributed by atoms with E-state index in [2.05, 4.69) is 25.7 Å². The van der Waals surface area contributed by atoms with E-state index < -0.39 is 0 Å². The summed E-state index contributed by atoms with van der Waals surface area (Å²) < 4.78 is 0. The minimum Gasteiger partial charge on any atom is -0.293 e. The Kier molecular flexibility index (Phi) is 2.63. The van der Waals surface area contributed by atoms with E-state index in [9.17, 15) is 0 Å². The van der Waals surface area contributed by atoms with Crippen LogP contribution in [0.15, 0.2) is 0 Å². The highest BCUT2D eigenvalue weighted by molar-refractivity contribution is 5.01. The molecule has 0 aromatic rings. The van der Waals surface area contributed by atoms with Gasteiger partial charge in [-0.3, -0.25) is 4.90 Å². The lowest BCUT2D eigenvalue weighted by Gasteiger charge is -2.48. The van der Waals surface area contributed by atoms with Gasteiger partial charge in [-0.15, -0.1) is 0 Å². The molecule has 0 aromatic carbocycles. The summed E-state index contributed by atoms with van der Waals surface area (Å²) >= 11 is 0. The first-order valence-electron chi connectivity index (χ1n) is 6.32. The van der Waals surface area contributed by atoms with Gasteiger partial charge in [-0.2, -0.15) is 0 Å². The number of hydrogen-bond donors (Lipinski definition) is 0. The number of hydrogen-bond acceptors (Lipinski definition) is 1. The first-order chi connectivity index (χ1) is 6.55. The Balaban J connectivity index is 2.16. The molecule has 1 nitrogen and oxygen atoms in total. The highest BCUT2D eigenvalue weighted by Gasteiger charge is 2.45. The Hall–Kier alpha value is -0.0400. The SMILES string of the molecule is CC(C)(C)N1CCCC12CCCCC2. The molecule has 2 fully saturated rings. The third kappa shape index (κ3) is 1.71. The van der Waals surface area contributed by atoms with Crippen molar-refractivity contribution in [3.05, 3.63) is 0 Å². The van der Waals surface area contributed by atoms with Crippen molar-refractivity contribution in [1.82, 2.24) is 4.90 Å². The molecule has 1 spiro atoms. The molecule has 2 rings (SSSR count). The Bertz CT molecular complexity index is 196. The van der Waals surface area contributed by atoms with Crippen molar-refractivity contribution in [2.45, 2.75) is 76.8 Å². The van der Waals surface area contributed by atoms with E-state index in [1.165, 1.54) is 51.5 Å². The molecule has 1 heterocycles. The van der Waals surface area contributed by atoms with Crippen molar-refractivity contribution in [2.24, 2.45) is 0 Å². The summed E-state index contributed by atoms with van der Waals surface area (Å²) in [4.78, 5) is 2.80. The topological polar surface area (TPSA) is 3.24 Å². The summed E-state index contributed by atoms with van der Waals surface area (Å²) in [5.41, 5.74) is 0.990. The fourth-order valence-corrected chi connectivity index (χ4v) is 3.72. The average molecular weight is 195 g/mol. The van der Waals surface area contributed by atoms with Gasteiger partial charge >= 0.3 is 0 Å². The van der Waals surface area contributed by atoms with E-state index in [1.54, 1.807) is 0 Å². The normalized spacial score (nSPS) is 28.5. The van der Waals surface area contributed by atoms with Gasteiger partial charge in [-0.1, -0.05) is 19.3 Å². The lowest BCUT2D eigenvalue weighted by Crippen LogP contribution is -2.54. The van der Waals surface area contributed by atoms with Crippen LogP contribution in [-0.4, -0.2) is 22.5 Å². The fraction of sp³-hybridized carbons (Fsp3) is 1.00. The average Bonchev–Trinajstić information content (AvgIpc) is 2.49. The van der Waals surface area contributed by atoms with Crippen LogP contribution in [0.5, 0.6) is 0 Å². The van der Waals surface area contributed by atoms with Crippen molar-refractivity contribution in [1.29, 1.82) is 0 Å². The molecule has 0 N–H and O–H groups in total. The van der Waals surface area contributed by atoms with Crippen molar-refractivity contribution >= 4 is 0 Å². The molecule has 14 heavy (non-hydrogen) atoms. The summed E-state index contributed by atoms with van der Waals surface area (Å²) in [6, 6.07) is 0. The van der Waals surface area contributed by atoms with Crippen LogP contribution in [0.25, 0.3) is 0 Å². The monoisotopic (exact) mass is 195 g/mol. The van der Waals surface area contributed by atoms with Gasteiger partial charge in [0.15, 0.2) is 0 Å². The Morgan fingerprint density at radius 3 is 2.00 bits per heavy atom. The quantitative estimate of drug-likeness (QED) is 0.571. The summed E-state index contributed by atoms with van der Waals surface area (Å²) in [6.45, 7) is 8.49. The predicted molar refractivity (Wildman–Crippen MR) is 61.5 cm³/mol. The molecule has 0 bridgehead atoms. The van der Waals surface area contributed by atoms with Crippen molar-refractivity contribution in [3.8, 4) is 0 Å². The van der Waals surface area contributed by atoms with Crippen molar-refractivity contribution < 1.29 is 0 Å². The maximum atomic E-state index is 2.80. The predicted octanol–water partition coefficient (Wildman–Crippen LogP) is 3.58. The fourth-order valence-electron chi connectivity index (χ4n) is 3.72. The Labute approximate surface area is 88.9 Å². The Morgan fingerprint density at radius 2 is 1.43 bits per heavy atom. The van der Waals surface area contributed by atoms with Gasteiger partial charge in [-0.05, 0) is 53.0 Å². The van der Waals surface area contributed by atoms with Gasteiger partial charge in [0.05, 0.1) is 0 Å². The van der Waals surface area contributed by atoms with E-state index in [4.69, 9.17) is 0 Å². The molecule has 1 heteroatoms. The molecule has 0 radical (unpaired) electrons. The van der Waals surface area contributed by atoms with Crippen LogP contribution in [0.2, 0.25) is 0 Å². The smallest absolute Gasteiger partial charge is 0.0215 e. The third-order valence-corrected chi connectivity index (χ3v) is 4.19. The number of likely N-dealkylation sites (tertiary alicyclic amines) is 1. The zero-order valence-electron chi connectivity index (χ0n) is 10.1. The van der Waals surface area contributed by atoms with Crippen LogP contribution in [0.3, 0.4) is 0 Å². The molecule has 1 aliphatic carbocycles. The van der Waals surface area contributed by atoms with Gasteiger partial charge in [0.25, 0.3) is 0 Å². The van der Waals surface area contributed by atoms with Gasteiger partial charge in [0.2, 0.25) is 0 Å². The lowest BCUT2D eigenvalue weighted by atomic mass is 9.78. The molecule has 0 aromatic heterocycles. The molecule has 0 atom stereocenters. The first-order valence-corrected chi connectivity index (χ1v) is 6.32. The van der Waals surface area contributed by atoms with Crippen LogP contribution in [-0.2, 0) is 0 Å². The highest BCUT2D eigenvalue weighted by atomic mass is 15.3. The van der Waals surface area contributed by atoms with Crippen LogP contribution < -0.4 is 0 Å². The van der Waals surface area contributed by atoms with Crippen LogP contribution in [0.4, 0.5) is 0 Å². The van der Waals surface area contributed by atoms with E-state index in [-0.39, 0.29) is 0 Å². The van der Waals surface area contributed by atoms with E-state index in [1.807, 2.05) is 0 Å². The van der Waals surface area contributed by atoms with Crippen molar-refractivity contribution in [2.75, 3.05) is 6.54 Å². The second-order valence-electron chi connectivity index (χ2n) is 6.21. The maximum absolute atomic E-state index is 2.80. The van der Waals surface area contributed by atoms with Gasteiger partial charge in [-0.25, -0.2) is 0 Å². The van der Waals surface area contributed by atoms with Crippen molar-refractivity contribution in [3.63, 3.8) is 0 Å². The van der Waals surface area contributed by atoms with Crippen LogP contribution >= 0.6 is 0 Å². The molecule has 0 amide bonds. The second-order valence-corrected chi connectivity index (χ2v) is 6.21. The van der Waals surface area contributed by atoms with Crippen LogP contribution in [0.1, 0.15) is 65.7 Å². The number of nitrogens with zero attached hydrogens (tertiary/aromatic N) is 1.